The van der Waals surface area contributed by atoms with Crippen molar-refractivity contribution in [2.75, 3.05) is 13.1 Å². The third-order valence-electron chi connectivity index (χ3n) is 1.92. The van der Waals surface area contributed by atoms with Gasteiger partial charge in [-0.1, -0.05) is 26.7 Å². The summed E-state index contributed by atoms with van der Waals surface area (Å²) in [5.74, 6) is 0.919. The van der Waals surface area contributed by atoms with Crippen LogP contribution in [-0.4, -0.2) is 18.9 Å². The molecule has 12 heavy (non-hydrogen) atoms. The zero-order valence-electron chi connectivity index (χ0n) is 8.52. The molecule has 0 saturated heterocycles. The van der Waals surface area contributed by atoms with Gasteiger partial charge in [0, 0.05) is 0 Å². The third-order valence-corrected chi connectivity index (χ3v) is 1.92. The SMILES string of the molecule is CCCC[C@@H](C)CNCC(C)=O. The number of unbranched alkanes of at least 4 members (excludes halogenated alkanes) is 1. The van der Waals surface area contributed by atoms with E-state index < -0.39 is 0 Å². The van der Waals surface area contributed by atoms with Crippen LogP contribution in [0.1, 0.15) is 40.0 Å². The summed E-state index contributed by atoms with van der Waals surface area (Å²) in [6.07, 6.45) is 3.82. The first-order chi connectivity index (χ1) is 5.66. The second-order valence-electron chi connectivity index (χ2n) is 3.58. The summed E-state index contributed by atoms with van der Waals surface area (Å²) in [5, 5.41) is 3.14. The van der Waals surface area contributed by atoms with Gasteiger partial charge in [-0.2, -0.15) is 0 Å². The van der Waals surface area contributed by atoms with Gasteiger partial charge in [-0.25, -0.2) is 0 Å². The number of hydrogen-bond donors (Lipinski definition) is 1. The lowest BCUT2D eigenvalue weighted by molar-refractivity contribution is -0.116. The van der Waals surface area contributed by atoms with Crippen LogP contribution in [0, 0.1) is 5.92 Å². The molecule has 72 valence electrons. The van der Waals surface area contributed by atoms with Gasteiger partial charge in [-0.3, -0.25) is 4.79 Å². The van der Waals surface area contributed by atoms with Crippen LogP contribution in [0.5, 0.6) is 0 Å². The highest BCUT2D eigenvalue weighted by molar-refractivity contribution is 5.77. The van der Waals surface area contributed by atoms with Crippen molar-refractivity contribution in [2.45, 2.75) is 40.0 Å². The average molecular weight is 171 g/mol. The molecule has 0 heterocycles. The Kier molecular flexibility index (Phi) is 7.06. The molecule has 0 amide bonds. The van der Waals surface area contributed by atoms with E-state index in [0.717, 1.165) is 6.54 Å². The van der Waals surface area contributed by atoms with Crippen LogP contribution >= 0.6 is 0 Å². The first kappa shape index (κ1) is 11.6. The second kappa shape index (κ2) is 7.29. The molecule has 0 aliphatic heterocycles. The van der Waals surface area contributed by atoms with E-state index in [1.54, 1.807) is 6.92 Å². The van der Waals surface area contributed by atoms with Crippen LogP contribution in [0.3, 0.4) is 0 Å². The molecule has 0 radical (unpaired) electrons. The molecule has 0 spiro atoms. The summed E-state index contributed by atoms with van der Waals surface area (Å²) in [6, 6.07) is 0. The maximum atomic E-state index is 10.6. The van der Waals surface area contributed by atoms with Crippen LogP contribution < -0.4 is 5.32 Å². The Labute approximate surface area is 75.7 Å². The molecular formula is C10H21NO. The van der Waals surface area contributed by atoms with Gasteiger partial charge in [0.15, 0.2) is 0 Å². The van der Waals surface area contributed by atoms with Crippen LogP contribution in [0.2, 0.25) is 0 Å². The van der Waals surface area contributed by atoms with E-state index in [1.165, 1.54) is 19.3 Å². The summed E-state index contributed by atoms with van der Waals surface area (Å²) in [5.41, 5.74) is 0. The molecule has 0 bridgehead atoms. The van der Waals surface area contributed by atoms with E-state index in [9.17, 15) is 4.79 Å². The van der Waals surface area contributed by atoms with Gasteiger partial charge in [0.25, 0.3) is 0 Å². The molecule has 0 fully saturated rings. The topological polar surface area (TPSA) is 29.1 Å². The lowest BCUT2D eigenvalue weighted by atomic mass is 10.0. The standard InChI is InChI=1S/C10H21NO/c1-4-5-6-9(2)7-11-8-10(3)12/h9,11H,4-8H2,1-3H3/t9-/m1/s1. The second-order valence-corrected chi connectivity index (χ2v) is 3.58. The van der Waals surface area contributed by atoms with Gasteiger partial charge in [-0.05, 0) is 25.8 Å². The van der Waals surface area contributed by atoms with Gasteiger partial charge in [0.05, 0.1) is 6.54 Å². The number of hydrogen-bond acceptors (Lipinski definition) is 2. The summed E-state index contributed by atoms with van der Waals surface area (Å²) in [6.45, 7) is 7.54. The summed E-state index contributed by atoms with van der Waals surface area (Å²) in [4.78, 5) is 10.6. The number of carbonyl (C=O) groups is 1. The number of Topliss-reactive ketones (excluding diaryl/α,β-unsaturated/α-hetero) is 1. The Hall–Kier alpha value is -0.370. The van der Waals surface area contributed by atoms with E-state index >= 15 is 0 Å². The molecule has 0 aliphatic rings. The minimum atomic E-state index is 0.220. The van der Waals surface area contributed by atoms with Crippen LogP contribution in [0.15, 0.2) is 0 Å². The summed E-state index contributed by atoms with van der Waals surface area (Å²) < 4.78 is 0. The van der Waals surface area contributed by atoms with E-state index in [-0.39, 0.29) is 5.78 Å². The quantitative estimate of drug-likeness (QED) is 0.634. The molecule has 0 rings (SSSR count). The molecule has 2 heteroatoms. The normalized spacial score (nSPS) is 12.9. The lowest BCUT2D eigenvalue weighted by Gasteiger charge is -2.10. The zero-order valence-corrected chi connectivity index (χ0v) is 8.52. The van der Waals surface area contributed by atoms with Gasteiger partial charge < -0.3 is 5.32 Å². The fraction of sp³-hybridized carbons (Fsp3) is 0.900. The first-order valence-electron chi connectivity index (χ1n) is 4.87. The zero-order chi connectivity index (χ0) is 9.40. The highest BCUT2D eigenvalue weighted by atomic mass is 16.1. The lowest BCUT2D eigenvalue weighted by Crippen LogP contribution is -2.26. The van der Waals surface area contributed by atoms with Crippen LogP contribution in [0.4, 0.5) is 0 Å². The van der Waals surface area contributed by atoms with Crippen molar-refractivity contribution in [1.29, 1.82) is 0 Å². The molecule has 2 nitrogen and oxygen atoms in total. The Bertz CT molecular complexity index is 123. The van der Waals surface area contributed by atoms with Gasteiger partial charge in [0.2, 0.25) is 0 Å². The predicted molar refractivity (Wildman–Crippen MR) is 52.2 cm³/mol. The monoisotopic (exact) mass is 171 g/mol. The Morgan fingerprint density at radius 2 is 2.17 bits per heavy atom. The number of rotatable bonds is 7. The fourth-order valence-corrected chi connectivity index (χ4v) is 1.15. The van der Waals surface area contributed by atoms with Crippen molar-refractivity contribution in [3.8, 4) is 0 Å². The van der Waals surface area contributed by atoms with E-state index in [1.807, 2.05) is 0 Å². The smallest absolute Gasteiger partial charge is 0.143 e. The maximum absolute atomic E-state index is 10.6. The first-order valence-corrected chi connectivity index (χ1v) is 4.87. The number of nitrogens with one attached hydrogen (secondary N) is 1. The Morgan fingerprint density at radius 1 is 1.50 bits per heavy atom. The van der Waals surface area contributed by atoms with Crippen molar-refractivity contribution in [2.24, 2.45) is 5.92 Å². The van der Waals surface area contributed by atoms with Gasteiger partial charge >= 0.3 is 0 Å². The number of ketones is 1. The maximum Gasteiger partial charge on any atom is 0.143 e. The minimum Gasteiger partial charge on any atom is -0.310 e. The van der Waals surface area contributed by atoms with Crippen molar-refractivity contribution in [1.82, 2.24) is 5.32 Å². The molecule has 0 saturated carbocycles. The molecular weight excluding hydrogens is 150 g/mol. The summed E-state index contributed by atoms with van der Waals surface area (Å²) in [7, 11) is 0. The average Bonchev–Trinajstić information content (AvgIpc) is 2.00. The van der Waals surface area contributed by atoms with E-state index in [0.29, 0.717) is 12.5 Å². The Balaban J connectivity index is 3.19. The molecule has 0 aromatic carbocycles. The Morgan fingerprint density at radius 3 is 2.67 bits per heavy atom. The molecule has 0 aromatic rings. The van der Waals surface area contributed by atoms with Crippen molar-refractivity contribution in [3.05, 3.63) is 0 Å². The van der Waals surface area contributed by atoms with Crippen LogP contribution in [0.25, 0.3) is 0 Å². The predicted octanol–water partition coefficient (Wildman–Crippen LogP) is 1.99. The van der Waals surface area contributed by atoms with Crippen LogP contribution in [-0.2, 0) is 4.79 Å². The highest BCUT2D eigenvalue weighted by Gasteiger charge is 2.00. The van der Waals surface area contributed by atoms with E-state index in [2.05, 4.69) is 19.2 Å². The molecule has 1 N–H and O–H groups in total. The van der Waals surface area contributed by atoms with Gasteiger partial charge in [-0.15, -0.1) is 0 Å². The van der Waals surface area contributed by atoms with E-state index in [4.69, 9.17) is 0 Å². The van der Waals surface area contributed by atoms with Crippen molar-refractivity contribution < 1.29 is 4.79 Å². The van der Waals surface area contributed by atoms with Crippen molar-refractivity contribution in [3.63, 3.8) is 0 Å². The van der Waals surface area contributed by atoms with Gasteiger partial charge in [0.1, 0.15) is 5.78 Å². The third kappa shape index (κ3) is 7.73. The summed E-state index contributed by atoms with van der Waals surface area (Å²) >= 11 is 0. The molecule has 0 aliphatic carbocycles. The largest absolute Gasteiger partial charge is 0.310 e. The fourth-order valence-electron chi connectivity index (χ4n) is 1.15. The molecule has 0 aromatic heterocycles. The highest BCUT2D eigenvalue weighted by Crippen LogP contribution is 2.05. The molecule has 0 unspecified atom stereocenters. The minimum absolute atomic E-state index is 0.220. The van der Waals surface area contributed by atoms with Crippen molar-refractivity contribution >= 4 is 5.78 Å². The molecule has 1 atom stereocenters. The number of carbonyl (C=O) groups excluding carboxylic acids is 1.